The number of sulfone groups is 1. The molecule has 7 rings (SSSR count). The first-order chi connectivity index (χ1) is 32.2. The highest BCUT2D eigenvalue weighted by molar-refractivity contribution is 7.99. The number of hydrogen-bond donors (Lipinski definition) is 5. The van der Waals surface area contributed by atoms with Crippen molar-refractivity contribution in [2.45, 2.75) is 54.0 Å². The van der Waals surface area contributed by atoms with Crippen molar-refractivity contribution in [2.75, 3.05) is 64.6 Å². The standard InChI is InChI=1S/C48H53ClN5O10PS3/c1-32(2)54-33(3)45(48(55)56)46(47(54)34-13-15-36(49)16-14-34)35-9-8-10-40(29-35)53-26-24-52(25-27-53)39-19-17-37(18-20-39)51-68(62,63)42-21-22-43(44(30-42)67(4,60)61)50-38(23-28-64-65(57,58)59)31-66-41-11-6-5-7-12-41/h5-22,29-30,32,38,50-51H,23-28,31H2,1-4H3,(H,55,56)(H2,57,58,59). The summed E-state index contributed by atoms with van der Waals surface area (Å²) in [6.45, 7) is 8.26. The number of halogens is 1. The van der Waals surface area contributed by atoms with Crippen LogP contribution in [0.25, 0.3) is 22.4 Å². The molecule has 0 aliphatic carbocycles. The number of carboxylic acid groups (broad SMARTS) is 1. The second kappa shape index (κ2) is 21.1. The minimum atomic E-state index is -4.74. The molecule has 0 amide bonds. The highest BCUT2D eigenvalue weighted by Crippen LogP contribution is 2.43. The maximum atomic E-state index is 13.7. The Hall–Kier alpha value is -5.30. The lowest BCUT2D eigenvalue weighted by Crippen LogP contribution is -2.46. The van der Waals surface area contributed by atoms with Crippen molar-refractivity contribution in [1.82, 2.24) is 4.57 Å². The van der Waals surface area contributed by atoms with Crippen molar-refractivity contribution in [3.8, 4) is 22.4 Å². The summed E-state index contributed by atoms with van der Waals surface area (Å²) in [5.74, 6) is -0.627. The van der Waals surface area contributed by atoms with Gasteiger partial charge in [-0.15, -0.1) is 11.8 Å². The SMILES string of the molecule is Cc1c(C(=O)O)c(-c2cccc(N3CCN(c4ccc(NS(=O)(=O)c5ccc(NC(CCOP(=O)(O)O)CSc6ccccc6)c(S(C)(=O)=O)c5)cc4)CC3)c2)c(-c2ccc(Cl)cc2)n1C(C)C. The minimum Gasteiger partial charge on any atom is -0.478 e. The number of thioether (sulfide) groups is 1. The third-order valence-corrected chi connectivity index (χ3v) is 16.0. The van der Waals surface area contributed by atoms with Gasteiger partial charge in [-0.05, 0) is 117 Å². The summed E-state index contributed by atoms with van der Waals surface area (Å²) in [7, 11) is -13.0. The first-order valence-electron chi connectivity index (χ1n) is 21.6. The van der Waals surface area contributed by atoms with E-state index in [0.29, 0.717) is 48.2 Å². The molecular formula is C48H53ClN5O10PS3. The fourth-order valence-electron chi connectivity index (χ4n) is 8.36. The maximum absolute atomic E-state index is 13.7. The van der Waals surface area contributed by atoms with E-state index < -0.39 is 39.7 Å². The minimum absolute atomic E-state index is 0.00932. The number of sulfonamides is 1. The summed E-state index contributed by atoms with van der Waals surface area (Å²) >= 11 is 7.70. The topological polar surface area (TPSA) is 208 Å². The molecule has 1 atom stereocenters. The lowest BCUT2D eigenvalue weighted by molar-refractivity contribution is 0.0696. The number of hydrogen-bond acceptors (Lipinski definition) is 11. The van der Waals surface area contributed by atoms with Crippen LogP contribution in [0.3, 0.4) is 0 Å². The maximum Gasteiger partial charge on any atom is 0.469 e. The van der Waals surface area contributed by atoms with Crippen LogP contribution >= 0.6 is 31.2 Å². The van der Waals surface area contributed by atoms with Crippen molar-refractivity contribution in [3.63, 3.8) is 0 Å². The number of nitrogens with zero attached hydrogens (tertiary/aromatic N) is 3. The number of anilines is 4. The second-order valence-corrected chi connectivity index (χ2v) is 23.1. The number of aromatic nitrogens is 1. The molecule has 5 N–H and O–H groups in total. The molecule has 1 fully saturated rings. The van der Waals surface area contributed by atoms with Gasteiger partial charge >= 0.3 is 13.8 Å². The summed E-state index contributed by atoms with van der Waals surface area (Å²) in [5.41, 5.74) is 6.29. The van der Waals surface area contributed by atoms with Crippen LogP contribution in [0, 0.1) is 6.92 Å². The molecule has 0 spiro atoms. The van der Waals surface area contributed by atoms with Gasteiger partial charge in [-0.1, -0.05) is 54.1 Å². The fraction of sp³-hybridized carbons (Fsp3) is 0.271. The van der Waals surface area contributed by atoms with E-state index in [-0.39, 0.29) is 45.8 Å². The number of phosphoric acid groups is 1. The van der Waals surface area contributed by atoms with Gasteiger partial charge < -0.3 is 34.6 Å². The number of aromatic carboxylic acids is 1. The second-order valence-electron chi connectivity index (χ2n) is 16.6. The number of piperazine rings is 1. The molecule has 6 aromatic rings. The molecule has 0 bridgehead atoms. The van der Waals surface area contributed by atoms with E-state index in [4.69, 9.17) is 11.6 Å². The third-order valence-electron chi connectivity index (χ3n) is 11.5. The quantitative estimate of drug-likeness (QED) is 0.0378. The Morgan fingerprint density at radius 1 is 0.824 bits per heavy atom. The normalized spacial score (nSPS) is 14.0. The van der Waals surface area contributed by atoms with Crippen molar-refractivity contribution in [1.29, 1.82) is 0 Å². The molecule has 2 heterocycles. The smallest absolute Gasteiger partial charge is 0.469 e. The van der Waals surface area contributed by atoms with Gasteiger partial charge in [0.2, 0.25) is 0 Å². The predicted octanol–water partition coefficient (Wildman–Crippen LogP) is 9.67. The highest BCUT2D eigenvalue weighted by atomic mass is 35.5. The first kappa shape index (κ1) is 50.6. The van der Waals surface area contributed by atoms with Crippen LogP contribution in [0.5, 0.6) is 0 Å². The molecule has 1 unspecified atom stereocenters. The number of carbonyl (C=O) groups is 1. The number of nitrogens with one attached hydrogen (secondary N) is 2. The van der Waals surface area contributed by atoms with Crippen LogP contribution < -0.4 is 19.8 Å². The molecule has 20 heteroatoms. The lowest BCUT2D eigenvalue weighted by atomic mass is 9.96. The van der Waals surface area contributed by atoms with Crippen LogP contribution in [-0.4, -0.2) is 93.1 Å². The summed E-state index contributed by atoms with van der Waals surface area (Å²) in [5, 5.41) is 14.2. The Morgan fingerprint density at radius 2 is 1.47 bits per heavy atom. The summed E-state index contributed by atoms with van der Waals surface area (Å²) < 4.78 is 74.2. The Balaban J connectivity index is 1.04. The van der Waals surface area contributed by atoms with E-state index in [2.05, 4.69) is 28.9 Å². The van der Waals surface area contributed by atoms with Gasteiger partial charge in [0, 0.05) is 88.5 Å². The molecular weight excluding hydrogens is 969 g/mol. The molecule has 1 aromatic heterocycles. The molecule has 1 aliphatic heterocycles. The molecule has 0 saturated carbocycles. The number of phosphoric ester groups is 1. The highest BCUT2D eigenvalue weighted by Gasteiger charge is 2.29. The number of carboxylic acids is 1. The van der Waals surface area contributed by atoms with E-state index in [1.54, 1.807) is 24.3 Å². The van der Waals surface area contributed by atoms with Gasteiger partial charge in [0.15, 0.2) is 9.84 Å². The van der Waals surface area contributed by atoms with E-state index in [1.807, 2.05) is 99.6 Å². The average molecular weight is 1020 g/mol. The molecule has 15 nitrogen and oxygen atoms in total. The third kappa shape index (κ3) is 12.3. The summed E-state index contributed by atoms with van der Waals surface area (Å²) in [4.78, 5) is 36.1. The Labute approximate surface area is 406 Å². The van der Waals surface area contributed by atoms with Gasteiger partial charge in [0.25, 0.3) is 10.0 Å². The van der Waals surface area contributed by atoms with Gasteiger partial charge in [-0.3, -0.25) is 9.25 Å². The van der Waals surface area contributed by atoms with Crippen LogP contribution in [0.4, 0.5) is 22.7 Å². The number of rotatable bonds is 19. The molecule has 1 aliphatic rings. The van der Waals surface area contributed by atoms with Crippen molar-refractivity contribution in [3.05, 3.63) is 138 Å². The van der Waals surface area contributed by atoms with Gasteiger partial charge in [0.1, 0.15) is 0 Å². The van der Waals surface area contributed by atoms with Crippen molar-refractivity contribution >= 4 is 79.8 Å². The predicted molar refractivity (Wildman–Crippen MR) is 271 cm³/mol. The molecule has 0 radical (unpaired) electrons. The van der Waals surface area contributed by atoms with Gasteiger partial charge in [0.05, 0.1) is 33.3 Å². The first-order valence-corrected chi connectivity index (χ1v) is 27.9. The summed E-state index contributed by atoms with van der Waals surface area (Å²) in [6.07, 6.45) is 1.08. The largest absolute Gasteiger partial charge is 0.478 e. The van der Waals surface area contributed by atoms with Crippen molar-refractivity contribution in [2.24, 2.45) is 0 Å². The zero-order chi connectivity index (χ0) is 49.0. The molecule has 360 valence electrons. The average Bonchev–Trinajstić information content (AvgIpc) is 3.61. The number of benzene rings is 5. The zero-order valence-corrected chi connectivity index (χ0v) is 41.8. The van der Waals surface area contributed by atoms with Crippen LogP contribution in [-0.2, 0) is 28.9 Å². The fourth-order valence-corrected chi connectivity index (χ4v) is 11.9. The lowest BCUT2D eigenvalue weighted by Gasteiger charge is -2.37. The summed E-state index contributed by atoms with van der Waals surface area (Å²) in [6, 6.07) is 34.9. The Morgan fingerprint density at radius 3 is 2.07 bits per heavy atom. The van der Waals surface area contributed by atoms with Crippen LogP contribution in [0.15, 0.2) is 136 Å². The molecule has 68 heavy (non-hydrogen) atoms. The van der Waals surface area contributed by atoms with Gasteiger partial charge in [-0.25, -0.2) is 26.2 Å². The Bertz CT molecular complexity index is 3030. The Kier molecular flexibility index (Phi) is 15.7. The molecule has 5 aromatic carbocycles. The van der Waals surface area contributed by atoms with Crippen LogP contribution in [0.2, 0.25) is 5.02 Å². The zero-order valence-electron chi connectivity index (χ0n) is 37.7. The monoisotopic (exact) mass is 1020 g/mol. The van der Waals surface area contributed by atoms with Crippen molar-refractivity contribution < 1.29 is 45.6 Å². The van der Waals surface area contributed by atoms with E-state index in [0.717, 1.165) is 45.4 Å². The van der Waals surface area contributed by atoms with E-state index >= 15 is 0 Å². The van der Waals surface area contributed by atoms with Gasteiger partial charge in [-0.2, -0.15) is 0 Å². The molecule has 1 saturated heterocycles. The van der Waals surface area contributed by atoms with E-state index in [1.165, 1.54) is 23.9 Å². The van der Waals surface area contributed by atoms with Crippen LogP contribution in [0.1, 0.15) is 42.4 Å². The van der Waals surface area contributed by atoms with E-state index in [9.17, 15) is 41.1 Å².